The number of amides is 1. The van der Waals surface area contributed by atoms with Gasteiger partial charge in [0.05, 0.1) is 13.2 Å². The average molecular weight is 204 g/mol. The van der Waals surface area contributed by atoms with Gasteiger partial charge in [-0.05, 0) is 13.5 Å². The minimum Gasteiger partial charge on any atom is -0.394 e. The fraction of sp³-hybridized carbons (Fsp3) is 0.889. The molecule has 5 heteroatoms. The summed E-state index contributed by atoms with van der Waals surface area (Å²) in [7, 11) is 1.82. The predicted molar refractivity (Wildman–Crippen MR) is 54.1 cm³/mol. The number of hydrogen-bond donors (Lipinski definition) is 3. The third kappa shape index (κ3) is 9.44. The van der Waals surface area contributed by atoms with Gasteiger partial charge < -0.3 is 20.5 Å². The van der Waals surface area contributed by atoms with Gasteiger partial charge in [0.15, 0.2) is 0 Å². The van der Waals surface area contributed by atoms with Gasteiger partial charge in [-0.3, -0.25) is 4.79 Å². The van der Waals surface area contributed by atoms with Gasteiger partial charge in [0.2, 0.25) is 5.91 Å². The molecule has 0 saturated carbocycles. The highest BCUT2D eigenvalue weighted by Crippen LogP contribution is 1.82. The molecule has 84 valence electrons. The fourth-order valence-electron chi connectivity index (χ4n) is 0.896. The van der Waals surface area contributed by atoms with Gasteiger partial charge in [-0.1, -0.05) is 0 Å². The normalized spacial score (nSPS) is 10.1. The molecule has 0 aromatic carbocycles. The highest BCUT2D eigenvalue weighted by Gasteiger charge is 1.98. The van der Waals surface area contributed by atoms with Crippen LogP contribution in [0, 0.1) is 0 Å². The Hall–Kier alpha value is -0.650. The van der Waals surface area contributed by atoms with E-state index in [2.05, 4.69) is 10.6 Å². The summed E-state index contributed by atoms with van der Waals surface area (Å²) in [4.78, 5) is 11.1. The SMILES string of the molecule is CNCCC(=O)NCCCOCCO. The monoisotopic (exact) mass is 204 g/mol. The Morgan fingerprint density at radius 1 is 1.36 bits per heavy atom. The van der Waals surface area contributed by atoms with Crippen LogP contribution in [0.15, 0.2) is 0 Å². The van der Waals surface area contributed by atoms with Crippen LogP contribution in [-0.2, 0) is 9.53 Å². The second-order valence-electron chi connectivity index (χ2n) is 2.89. The average Bonchev–Trinajstić information content (AvgIpc) is 2.20. The Labute approximate surface area is 84.8 Å². The fourth-order valence-corrected chi connectivity index (χ4v) is 0.896. The first-order valence-corrected chi connectivity index (χ1v) is 4.91. The zero-order valence-corrected chi connectivity index (χ0v) is 8.71. The Bertz CT molecular complexity index is 142. The van der Waals surface area contributed by atoms with Gasteiger partial charge in [0.1, 0.15) is 0 Å². The van der Waals surface area contributed by atoms with Crippen molar-refractivity contribution in [2.24, 2.45) is 0 Å². The molecule has 0 radical (unpaired) electrons. The van der Waals surface area contributed by atoms with Crippen LogP contribution in [0.3, 0.4) is 0 Å². The van der Waals surface area contributed by atoms with Crippen molar-refractivity contribution in [3.8, 4) is 0 Å². The van der Waals surface area contributed by atoms with Gasteiger partial charge in [0, 0.05) is 26.1 Å². The molecule has 0 aromatic rings. The van der Waals surface area contributed by atoms with Crippen molar-refractivity contribution in [3.63, 3.8) is 0 Å². The Morgan fingerprint density at radius 3 is 2.79 bits per heavy atom. The third-order valence-electron chi connectivity index (χ3n) is 1.63. The molecule has 0 fully saturated rings. The maximum Gasteiger partial charge on any atom is 0.221 e. The molecular formula is C9H20N2O3. The van der Waals surface area contributed by atoms with Crippen molar-refractivity contribution in [1.29, 1.82) is 0 Å². The molecule has 1 amide bonds. The van der Waals surface area contributed by atoms with E-state index in [1.807, 2.05) is 7.05 Å². The number of nitrogens with one attached hydrogen (secondary N) is 2. The lowest BCUT2D eigenvalue weighted by atomic mass is 10.3. The largest absolute Gasteiger partial charge is 0.394 e. The van der Waals surface area contributed by atoms with Crippen molar-refractivity contribution in [2.75, 3.05) is 40.0 Å². The van der Waals surface area contributed by atoms with Crippen LogP contribution in [0.5, 0.6) is 0 Å². The smallest absolute Gasteiger partial charge is 0.221 e. The quantitative estimate of drug-likeness (QED) is 0.426. The molecule has 0 saturated heterocycles. The molecule has 0 heterocycles. The van der Waals surface area contributed by atoms with E-state index < -0.39 is 0 Å². The molecule has 0 aromatic heterocycles. The van der Waals surface area contributed by atoms with E-state index in [-0.39, 0.29) is 12.5 Å². The predicted octanol–water partition coefficient (Wildman–Crippen LogP) is -0.889. The van der Waals surface area contributed by atoms with Gasteiger partial charge in [-0.15, -0.1) is 0 Å². The molecular weight excluding hydrogens is 184 g/mol. The number of carbonyl (C=O) groups excluding carboxylic acids is 1. The lowest BCUT2D eigenvalue weighted by molar-refractivity contribution is -0.121. The third-order valence-corrected chi connectivity index (χ3v) is 1.63. The molecule has 0 aliphatic rings. The van der Waals surface area contributed by atoms with E-state index >= 15 is 0 Å². The van der Waals surface area contributed by atoms with E-state index in [4.69, 9.17) is 9.84 Å². The lowest BCUT2D eigenvalue weighted by Crippen LogP contribution is -2.28. The lowest BCUT2D eigenvalue weighted by Gasteiger charge is -2.05. The minimum absolute atomic E-state index is 0.0501. The number of aliphatic hydroxyl groups is 1. The van der Waals surface area contributed by atoms with E-state index in [0.29, 0.717) is 32.7 Å². The van der Waals surface area contributed by atoms with Crippen LogP contribution < -0.4 is 10.6 Å². The standard InChI is InChI=1S/C9H20N2O3/c1-10-5-3-9(13)11-4-2-7-14-8-6-12/h10,12H,2-8H2,1H3,(H,11,13). The van der Waals surface area contributed by atoms with Crippen molar-refractivity contribution in [3.05, 3.63) is 0 Å². The topological polar surface area (TPSA) is 70.6 Å². The molecule has 0 spiro atoms. The summed E-state index contributed by atoms with van der Waals surface area (Å²) >= 11 is 0. The van der Waals surface area contributed by atoms with Crippen LogP contribution >= 0.6 is 0 Å². The highest BCUT2D eigenvalue weighted by atomic mass is 16.5. The molecule has 0 bridgehead atoms. The maximum atomic E-state index is 11.1. The van der Waals surface area contributed by atoms with E-state index in [9.17, 15) is 4.79 Å². The number of aliphatic hydroxyl groups excluding tert-OH is 1. The van der Waals surface area contributed by atoms with Crippen molar-refractivity contribution >= 4 is 5.91 Å². The summed E-state index contributed by atoms with van der Waals surface area (Å²) in [6.45, 7) is 2.33. The van der Waals surface area contributed by atoms with Crippen molar-refractivity contribution in [2.45, 2.75) is 12.8 Å². The molecule has 0 aliphatic heterocycles. The van der Waals surface area contributed by atoms with E-state index in [1.54, 1.807) is 0 Å². The first kappa shape index (κ1) is 13.4. The summed E-state index contributed by atoms with van der Waals surface area (Å²) in [5, 5.41) is 14.1. The van der Waals surface area contributed by atoms with Crippen LogP contribution in [0.4, 0.5) is 0 Å². The van der Waals surface area contributed by atoms with Crippen molar-refractivity contribution in [1.82, 2.24) is 10.6 Å². The molecule has 0 rings (SSSR count). The summed E-state index contributed by atoms with van der Waals surface area (Å²) in [6.07, 6.45) is 1.29. The zero-order valence-electron chi connectivity index (χ0n) is 8.71. The first-order chi connectivity index (χ1) is 6.81. The first-order valence-electron chi connectivity index (χ1n) is 4.91. The second kappa shape index (κ2) is 10.4. The second-order valence-corrected chi connectivity index (χ2v) is 2.89. The molecule has 5 nitrogen and oxygen atoms in total. The van der Waals surface area contributed by atoms with Gasteiger partial charge in [-0.2, -0.15) is 0 Å². The Balaban J connectivity index is 3.07. The minimum atomic E-state index is 0.0501. The molecule has 0 unspecified atom stereocenters. The van der Waals surface area contributed by atoms with Crippen LogP contribution in [-0.4, -0.2) is 51.0 Å². The summed E-state index contributed by atoms with van der Waals surface area (Å²) in [6, 6.07) is 0. The highest BCUT2D eigenvalue weighted by molar-refractivity contribution is 5.75. The molecule has 14 heavy (non-hydrogen) atoms. The Kier molecular flexibility index (Phi) is 9.95. The van der Waals surface area contributed by atoms with Crippen molar-refractivity contribution < 1.29 is 14.6 Å². The number of hydrogen-bond acceptors (Lipinski definition) is 4. The zero-order chi connectivity index (χ0) is 10.6. The van der Waals surface area contributed by atoms with Crippen LogP contribution in [0.25, 0.3) is 0 Å². The number of rotatable bonds is 9. The molecule has 0 atom stereocenters. The summed E-state index contributed by atoms with van der Waals surface area (Å²) in [5.74, 6) is 0.0570. The molecule has 0 aliphatic carbocycles. The number of ether oxygens (including phenoxy) is 1. The van der Waals surface area contributed by atoms with Gasteiger partial charge in [0.25, 0.3) is 0 Å². The Morgan fingerprint density at radius 2 is 2.14 bits per heavy atom. The number of carbonyl (C=O) groups is 1. The maximum absolute atomic E-state index is 11.1. The van der Waals surface area contributed by atoms with Crippen LogP contribution in [0.2, 0.25) is 0 Å². The summed E-state index contributed by atoms with van der Waals surface area (Å²) in [5.41, 5.74) is 0. The van der Waals surface area contributed by atoms with Gasteiger partial charge >= 0.3 is 0 Å². The van der Waals surface area contributed by atoms with E-state index in [1.165, 1.54) is 0 Å². The summed E-state index contributed by atoms with van der Waals surface area (Å²) < 4.78 is 5.03. The van der Waals surface area contributed by atoms with Gasteiger partial charge in [-0.25, -0.2) is 0 Å². The van der Waals surface area contributed by atoms with E-state index in [0.717, 1.165) is 6.42 Å². The molecule has 3 N–H and O–H groups in total. The van der Waals surface area contributed by atoms with Crippen LogP contribution in [0.1, 0.15) is 12.8 Å².